The number of ether oxygens (including phenoxy) is 2. The molecule has 4 heteroatoms. The largest absolute Gasteiger partial charge is 0.493 e. The molecule has 0 saturated heterocycles. The Morgan fingerprint density at radius 3 is 2.45 bits per heavy atom. The van der Waals surface area contributed by atoms with Gasteiger partial charge >= 0.3 is 0 Å². The van der Waals surface area contributed by atoms with Gasteiger partial charge in [0.1, 0.15) is 0 Å². The van der Waals surface area contributed by atoms with Crippen molar-refractivity contribution < 1.29 is 9.47 Å². The van der Waals surface area contributed by atoms with Gasteiger partial charge in [-0.1, -0.05) is 13.3 Å². The van der Waals surface area contributed by atoms with Gasteiger partial charge in [-0.05, 0) is 24.5 Å². The van der Waals surface area contributed by atoms with E-state index < -0.39 is 0 Å². The minimum Gasteiger partial charge on any atom is -0.493 e. The number of aryl methyl sites for hydroxylation is 1. The number of aromatic nitrogens is 1. The average molecular weight is 276 g/mol. The number of nitrogens with zero attached hydrogens (tertiary/aromatic N) is 1. The Bertz CT molecular complexity index is 575. The maximum absolute atomic E-state index is 5.71. The second kappa shape index (κ2) is 6.66. The second-order valence-corrected chi connectivity index (χ2v) is 4.96. The predicted octanol–water partition coefficient (Wildman–Crippen LogP) is 2.96. The van der Waals surface area contributed by atoms with Gasteiger partial charge in [-0.3, -0.25) is 0 Å². The first kappa shape index (κ1) is 14.7. The topological polar surface area (TPSA) is 49.4 Å². The van der Waals surface area contributed by atoms with Gasteiger partial charge in [0.15, 0.2) is 11.5 Å². The van der Waals surface area contributed by atoms with Crippen LogP contribution in [0.2, 0.25) is 0 Å². The van der Waals surface area contributed by atoms with E-state index in [9.17, 15) is 0 Å². The number of hydrogen-bond donors (Lipinski definition) is 1. The molecule has 2 N–H and O–H groups in total. The lowest BCUT2D eigenvalue weighted by Crippen LogP contribution is -2.08. The van der Waals surface area contributed by atoms with Crippen molar-refractivity contribution in [3.8, 4) is 11.5 Å². The van der Waals surface area contributed by atoms with Crippen LogP contribution in [0.1, 0.15) is 25.3 Å². The molecule has 0 amide bonds. The molecule has 0 radical (unpaired) electrons. The highest BCUT2D eigenvalue weighted by molar-refractivity contribution is 5.87. The van der Waals surface area contributed by atoms with Crippen LogP contribution in [0.25, 0.3) is 10.9 Å². The highest BCUT2D eigenvalue weighted by atomic mass is 16.5. The number of benzene rings is 1. The first-order valence-electron chi connectivity index (χ1n) is 7.19. The van der Waals surface area contributed by atoms with E-state index in [0.717, 1.165) is 24.5 Å². The van der Waals surface area contributed by atoms with E-state index in [0.29, 0.717) is 6.54 Å². The van der Waals surface area contributed by atoms with Gasteiger partial charge in [0.25, 0.3) is 0 Å². The molecule has 110 valence electrons. The molecule has 0 fully saturated rings. The Morgan fingerprint density at radius 1 is 1.15 bits per heavy atom. The smallest absolute Gasteiger partial charge is 0.162 e. The Balaban J connectivity index is 2.56. The molecule has 0 unspecified atom stereocenters. The summed E-state index contributed by atoms with van der Waals surface area (Å²) in [6, 6.07) is 4.12. The SMILES string of the molecule is CCCCc1cn(CCN)c2cc(OC)c(OC)cc12. The minimum absolute atomic E-state index is 0.630. The molecule has 0 saturated carbocycles. The zero-order valence-electron chi connectivity index (χ0n) is 12.6. The van der Waals surface area contributed by atoms with Crippen LogP contribution in [0.5, 0.6) is 11.5 Å². The van der Waals surface area contributed by atoms with Crippen LogP contribution in [-0.4, -0.2) is 25.3 Å². The molecule has 0 atom stereocenters. The first-order chi connectivity index (χ1) is 9.74. The van der Waals surface area contributed by atoms with Crippen LogP contribution in [-0.2, 0) is 13.0 Å². The van der Waals surface area contributed by atoms with Crippen LogP contribution in [0.15, 0.2) is 18.3 Å². The molecule has 0 aliphatic heterocycles. The molecule has 0 aliphatic carbocycles. The Hall–Kier alpha value is -1.68. The number of methoxy groups -OCH3 is 2. The lowest BCUT2D eigenvalue weighted by molar-refractivity contribution is 0.355. The average Bonchev–Trinajstić information content (AvgIpc) is 2.81. The van der Waals surface area contributed by atoms with Crippen LogP contribution < -0.4 is 15.2 Å². The molecule has 20 heavy (non-hydrogen) atoms. The summed E-state index contributed by atoms with van der Waals surface area (Å²) >= 11 is 0. The minimum atomic E-state index is 0.630. The van der Waals surface area contributed by atoms with E-state index >= 15 is 0 Å². The van der Waals surface area contributed by atoms with E-state index in [1.54, 1.807) is 14.2 Å². The third-order valence-electron chi connectivity index (χ3n) is 3.64. The molecule has 4 nitrogen and oxygen atoms in total. The summed E-state index contributed by atoms with van der Waals surface area (Å²) in [7, 11) is 3.34. The number of nitrogens with two attached hydrogens (primary N) is 1. The van der Waals surface area contributed by atoms with Gasteiger partial charge in [0.05, 0.1) is 19.7 Å². The van der Waals surface area contributed by atoms with Crippen LogP contribution in [0.3, 0.4) is 0 Å². The van der Waals surface area contributed by atoms with Crippen LogP contribution >= 0.6 is 0 Å². The van der Waals surface area contributed by atoms with Crippen molar-refractivity contribution in [1.29, 1.82) is 0 Å². The van der Waals surface area contributed by atoms with Crippen molar-refractivity contribution in [2.24, 2.45) is 5.73 Å². The van der Waals surface area contributed by atoms with Gasteiger partial charge < -0.3 is 19.8 Å². The summed E-state index contributed by atoms with van der Waals surface area (Å²) in [6.07, 6.45) is 5.68. The van der Waals surface area contributed by atoms with Crippen LogP contribution in [0.4, 0.5) is 0 Å². The maximum Gasteiger partial charge on any atom is 0.162 e. The molecule has 1 heterocycles. The molecule has 2 aromatic rings. The second-order valence-electron chi connectivity index (χ2n) is 4.96. The zero-order chi connectivity index (χ0) is 14.5. The van der Waals surface area contributed by atoms with Gasteiger partial charge in [-0.25, -0.2) is 0 Å². The predicted molar refractivity (Wildman–Crippen MR) is 82.7 cm³/mol. The fourth-order valence-corrected chi connectivity index (χ4v) is 2.58. The Labute approximate surface area is 120 Å². The fraction of sp³-hybridized carbons (Fsp3) is 0.500. The van der Waals surface area contributed by atoms with E-state index in [4.69, 9.17) is 15.2 Å². The molecule has 1 aromatic carbocycles. The summed E-state index contributed by atoms with van der Waals surface area (Å²) in [5.74, 6) is 1.54. The Morgan fingerprint density at radius 2 is 1.85 bits per heavy atom. The van der Waals surface area contributed by atoms with Crippen molar-refractivity contribution in [3.05, 3.63) is 23.9 Å². The molecular weight excluding hydrogens is 252 g/mol. The number of rotatable bonds is 7. The summed E-state index contributed by atoms with van der Waals surface area (Å²) in [6.45, 7) is 3.66. The van der Waals surface area contributed by atoms with E-state index in [2.05, 4.69) is 23.8 Å². The normalized spacial score (nSPS) is 11.0. The van der Waals surface area contributed by atoms with Crippen molar-refractivity contribution in [3.63, 3.8) is 0 Å². The van der Waals surface area contributed by atoms with E-state index in [-0.39, 0.29) is 0 Å². The quantitative estimate of drug-likeness (QED) is 0.846. The van der Waals surface area contributed by atoms with Crippen molar-refractivity contribution in [1.82, 2.24) is 4.57 Å². The summed E-state index contributed by atoms with van der Waals surface area (Å²) in [4.78, 5) is 0. The molecule has 0 aliphatic rings. The third kappa shape index (κ3) is 2.75. The van der Waals surface area contributed by atoms with Gasteiger partial charge in [-0.15, -0.1) is 0 Å². The van der Waals surface area contributed by atoms with Crippen LogP contribution in [0, 0.1) is 0 Å². The monoisotopic (exact) mass is 276 g/mol. The van der Waals surface area contributed by atoms with Gasteiger partial charge in [0.2, 0.25) is 0 Å². The fourth-order valence-electron chi connectivity index (χ4n) is 2.58. The standard InChI is InChI=1S/C16H24N2O2/c1-4-5-6-12-11-18(8-7-17)14-10-16(20-3)15(19-2)9-13(12)14/h9-11H,4-8,17H2,1-3H3. The van der Waals surface area contributed by atoms with Gasteiger partial charge in [0, 0.05) is 30.7 Å². The Kier molecular flexibility index (Phi) is 4.90. The molecule has 1 aromatic heterocycles. The summed E-state index contributed by atoms with van der Waals surface area (Å²) in [5.41, 5.74) is 8.23. The van der Waals surface area contributed by atoms with Crippen molar-refractivity contribution in [2.75, 3.05) is 20.8 Å². The van der Waals surface area contributed by atoms with Crippen molar-refractivity contribution >= 4 is 10.9 Å². The molecular formula is C16H24N2O2. The molecule has 0 bridgehead atoms. The molecule has 2 rings (SSSR count). The zero-order valence-corrected chi connectivity index (χ0v) is 12.6. The number of unbranched alkanes of at least 4 members (excludes halogenated alkanes) is 1. The first-order valence-corrected chi connectivity index (χ1v) is 7.19. The highest BCUT2D eigenvalue weighted by Crippen LogP contribution is 2.35. The number of fused-ring (bicyclic) bond motifs is 1. The summed E-state index contributed by atoms with van der Waals surface area (Å²) in [5, 5.41) is 1.24. The van der Waals surface area contributed by atoms with E-state index in [1.165, 1.54) is 29.3 Å². The molecule has 0 spiro atoms. The van der Waals surface area contributed by atoms with Crippen molar-refractivity contribution in [2.45, 2.75) is 32.7 Å². The lowest BCUT2D eigenvalue weighted by Gasteiger charge is -2.09. The van der Waals surface area contributed by atoms with E-state index in [1.807, 2.05) is 6.07 Å². The summed E-state index contributed by atoms with van der Waals surface area (Å²) < 4.78 is 13.0. The third-order valence-corrected chi connectivity index (χ3v) is 3.64. The lowest BCUT2D eigenvalue weighted by atomic mass is 10.1. The number of hydrogen-bond acceptors (Lipinski definition) is 3. The maximum atomic E-state index is 5.71. The van der Waals surface area contributed by atoms with Gasteiger partial charge in [-0.2, -0.15) is 0 Å². The highest BCUT2D eigenvalue weighted by Gasteiger charge is 2.13.